The van der Waals surface area contributed by atoms with Crippen molar-refractivity contribution in [2.75, 3.05) is 13.7 Å². The van der Waals surface area contributed by atoms with Gasteiger partial charge < -0.3 is 15.2 Å². The van der Waals surface area contributed by atoms with Crippen molar-refractivity contribution in [3.63, 3.8) is 0 Å². The van der Waals surface area contributed by atoms with E-state index >= 15 is 0 Å². The first-order valence-corrected chi connectivity index (χ1v) is 4.90. The fraction of sp³-hybridized carbons (Fsp3) is 0.400. The maximum atomic E-state index is 9.79. The first-order chi connectivity index (χ1) is 6.74. The summed E-state index contributed by atoms with van der Waals surface area (Å²) in [4.78, 5) is 0. The third-order valence-electron chi connectivity index (χ3n) is 2.52. The number of benzene rings is 1. The number of ether oxygens (including phenoxy) is 1. The zero-order valence-electron chi connectivity index (χ0n) is 7.88. The summed E-state index contributed by atoms with van der Waals surface area (Å²) in [5, 5.41) is 13.4. The highest BCUT2D eigenvalue weighted by Crippen LogP contribution is 2.41. The molecule has 0 bridgehead atoms. The van der Waals surface area contributed by atoms with Gasteiger partial charge in [0.05, 0.1) is 17.7 Å². The van der Waals surface area contributed by atoms with Crippen molar-refractivity contribution in [2.24, 2.45) is 0 Å². The number of methoxy groups -OCH3 is 1. The van der Waals surface area contributed by atoms with Gasteiger partial charge in [0.1, 0.15) is 11.5 Å². The lowest BCUT2D eigenvalue weighted by molar-refractivity contribution is 0.337. The highest BCUT2D eigenvalue weighted by molar-refractivity contribution is 6.32. The Morgan fingerprint density at radius 1 is 1.57 bits per heavy atom. The zero-order valence-corrected chi connectivity index (χ0v) is 8.64. The zero-order chi connectivity index (χ0) is 10.1. The van der Waals surface area contributed by atoms with Crippen LogP contribution in [-0.2, 0) is 0 Å². The van der Waals surface area contributed by atoms with E-state index in [-0.39, 0.29) is 11.8 Å². The predicted octanol–water partition coefficient (Wildman–Crippen LogP) is 2.09. The van der Waals surface area contributed by atoms with Gasteiger partial charge >= 0.3 is 0 Å². The minimum Gasteiger partial charge on any atom is -0.506 e. The van der Waals surface area contributed by atoms with Crippen LogP contribution in [0.4, 0.5) is 0 Å². The van der Waals surface area contributed by atoms with Crippen LogP contribution in [0, 0.1) is 0 Å². The van der Waals surface area contributed by atoms with Gasteiger partial charge in [-0.1, -0.05) is 11.6 Å². The molecule has 0 aromatic heterocycles. The van der Waals surface area contributed by atoms with Crippen LogP contribution in [0.2, 0.25) is 5.02 Å². The Morgan fingerprint density at radius 3 is 2.79 bits per heavy atom. The van der Waals surface area contributed by atoms with Crippen LogP contribution >= 0.6 is 11.6 Å². The average molecular weight is 214 g/mol. The van der Waals surface area contributed by atoms with Crippen LogP contribution in [0.15, 0.2) is 12.1 Å². The fourth-order valence-corrected chi connectivity index (χ4v) is 1.78. The standard InChI is InChI=1S/C10H12ClNO2/c1-14-8-3-2-6(11)10(13)9(8)7-4-5-12-7/h2-3,7,12-13H,4-5H2,1H3/t7-/m0/s1. The van der Waals surface area contributed by atoms with Crippen LogP contribution in [0.1, 0.15) is 18.0 Å². The van der Waals surface area contributed by atoms with E-state index in [2.05, 4.69) is 5.32 Å². The second kappa shape index (κ2) is 3.67. The van der Waals surface area contributed by atoms with Crippen molar-refractivity contribution < 1.29 is 9.84 Å². The molecule has 1 heterocycles. The summed E-state index contributed by atoms with van der Waals surface area (Å²) < 4.78 is 5.18. The number of aromatic hydroxyl groups is 1. The number of hydrogen-bond donors (Lipinski definition) is 2. The predicted molar refractivity (Wildman–Crippen MR) is 55.0 cm³/mol. The van der Waals surface area contributed by atoms with E-state index in [0.29, 0.717) is 10.8 Å². The van der Waals surface area contributed by atoms with Gasteiger partial charge in [-0.05, 0) is 25.1 Å². The Balaban J connectivity index is 2.46. The molecule has 2 N–H and O–H groups in total. The molecule has 3 nitrogen and oxygen atoms in total. The first-order valence-electron chi connectivity index (χ1n) is 4.52. The number of nitrogens with one attached hydrogen (secondary N) is 1. The van der Waals surface area contributed by atoms with E-state index in [0.717, 1.165) is 18.5 Å². The number of halogens is 1. The van der Waals surface area contributed by atoms with Crippen LogP contribution in [0.25, 0.3) is 0 Å². The lowest BCUT2D eigenvalue weighted by Crippen LogP contribution is -2.35. The topological polar surface area (TPSA) is 41.5 Å². The Kier molecular flexibility index (Phi) is 2.52. The van der Waals surface area contributed by atoms with E-state index in [9.17, 15) is 5.11 Å². The molecule has 1 aliphatic rings. The summed E-state index contributed by atoms with van der Waals surface area (Å²) in [6.45, 7) is 0.972. The van der Waals surface area contributed by atoms with Gasteiger partial charge in [0.2, 0.25) is 0 Å². The number of phenols is 1. The third-order valence-corrected chi connectivity index (χ3v) is 2.82. The first kappa shape index (κ1) is 9.62. The molecule has 1 saturated heterocycles. The second-order valence-corrected chi connectivity index (χ2v) is 3.71. The molecule has 2 rings (SSSR count). The fourth-order valence-electron chi connectivity index (χ4n) is 1.61. The van der Waals surface area contributed by atoms with Gasteiger partial charge in [0.15, 0.2) is 0 Å². The number of rotatable bonds is 2. The summed E-state index contributed by atoms with van der Waals surface area (Å²) >= 11 is 5.83. The van der Waals surface area contributed by atoms with Crippen LogP contribution in [0.5, 0.6) is 11.5 Å². The monoisotopic (exact) mass is 213 g/mol. The molecule has 14 heavy (non-hydrogen) atoms. The van der Waals surface area contributed by atoms with Crippen molar-refractivity contribution >= 4 is 11.6 Å². The second-order valence-electron chi connectivity index (χ2n) is 3.31. The molecule has 76 valence electrons. The summed E-state index contributed by atoms with van der Waals surface area (Å²) in [5.41, 5.74) is 0.770. The Hall–Kier alpha value is -0.930. The Bertz CT molecular complexity index is 350. The molecule has 1 aromatic rings. The summed E-state index contributed by atoms with van der Waals surface area (Å²) in [6, 6.07) is 3.58. The molecular formula is C10H12ClNO2. The lowest BCUT2D eigenvalue weighted by Gasteiger charge is -2.30. The molecule has 0 spiro atoms. The summed E-state index contributed by atoms with van der Waals surface area (Å²) in [7, 11) is 1.59. The van der Waals surface area contributed by atoms with Crippen molar-refractivity contribution in [1.29, 1.82) is 0 Å². The maximum Gasteiger partial charge on any atom is 0.142 e. The molecule has 0 aliphatic carbocycles. The molecule has 1 fully saturated rings. The minimum absolute atomic E-state index is 0.128. The normalized spacial score (nSPS) is 20.3. The van der Waals surface area contributed by atoms with E-state index in [1.807, 2.05) is 0 Å². The van der Waals surface area contributed by atoms with E-state index < -0.39 is 0 Å². The van der Waals surface area contributed by atoms with Gasteiger partial charge in [0.25, 0.3) is 0 Å². The van der Waals surface area contributed by atoms with Gasteiger partial charge in [-0.15, -0.1) is 0 Å². The van der Waals surface area contributed by atoms with E-state index in [1.54, 1.807) is 19.2 Å². The Morgan fingerprint density at radius 2 is 2.29 bits per heavy atom. The number of hydrogen-bond acceptors (Lipinski definition) is 3. The molecule has 1 atom stereocenters. The maximum absolute atomic E-state index is 9.79. The molecule has 0 unspecified atom stereocenters. The molecule has 1 aliphatic heterocycles. The highest BCUT2D eigenvalue weighted by Gasteiger charge is 2.26. The van der Waals surface area contributed by atoms with Crippen LogP contribution in [-0.4, -0.2) is 18.8 Å². The van der Waals surface area contributed by atoms with Gasteiger partial charge in [-0.2, -0.15) is 0 Å². The van der Waals surface area contributed by atoms with Gasteiger partial charge in [-0.3, -0.25) is 0 Å². The van der Waals surface area contributed by atoms with Crippen LogP contribution in [0.3, 0.4) is 0 Å². The smallest absolute Gasteiger partial charge is 0.142 e. The molecular weight excluding hydrogens is 202 g/mol. The van der Waals surface area contributed by atoms with Crippen molar-refractivity contribution in [3.05, 3.63) is 22.7 Å². The van der Waals surface area contributed by atoms with Gasteiger partial charge in [-0.25, -0.2) is 0 Å². The summed E-state index contributed by atoms with van der Waals surface area (Å²) in [5.74, 6) is 0.812. The lowest BCUT2D eigenvalue weighted by atomic mass is 9.96. The molecule has 0 radical (unpaired) electrons. The molecule has 4 heteroatoms. The van der Waals surface area contributed by atoms with Gasteiger partial charge in [0, 0.05) is 6.04 Å². The molecule has 0 saturated carbocycles. The van der Waals surface area contributed by atoms with Crippen molar-refractivity contribution in [2.45, 2.75) is 12.5 Å². The largest absolute Gasteiger partial charge is 0.506 e. The average Bonchev–Trinajstić information content (AvgIpc) is 2.10. The summed E-state index contributed by atoms with van der Waals surface area (Å²) in [6.07, 6.45) is 1.00. The van der Waals surface area contributed by atoms with Crippen LogP contribution < -0.4 is 10.1 Å². The highest BCUT2D eigenvalue weighted by atomic mass is 35.5. The van der Waals surface area contributed by atoms with Crippen molar-refractivity contribution in [3.8, 4) is 11.5 Å². The molecule has 0 amide bonds. The Labute approximate surface area is 87.6 Å². The quantitative estimate of drug-likeness (QED) is 0.791. The van der Waals surface area contributed by atoms with Crippen molar-refractivity contribution in [1.82, 2.24) is 5.32 Å². The van der Waals surface area contributed by atoms with E-state index in [4.69, 9.17) is 16.3 Å². The van der Waals surface area contributed by atoms with E-state index in [1.165, 1.54) is 0 Å². The minimum atomic E-state index is 0.128. The SMILES string of the molecule is COc1ccc(Cl)c(O)c1[C@@H]1CCN1. The molecule has 1 aromatic carbocycles. The number of phenolic OH excluding ortho intramolecular Hbond substituents is 1. The third kappa shape index (κ3) is 1.42.